The molecule has 33 heavy (non-hydrogen) atoms. The van der Waals surface area contributed by atoms with E-state index >= 15 is 0 Å². The lowest BCUT2D eigenvalue weighted by Crippen LogP contribution is -2.01. The first kappa shape index (κ1) is 19.5. The van der Waals surface area contributed by atoms with Gasteiger partial charge in [0.1, 0.15) is 22.3 Å². The van der Waals surface area contributed by atoms with E-state index in [1.54, 1.807) is 23.1 Å². The number of hydrogen-bond donors (Lipinski definition) is 1. The summed E-state index contributed by atoms with van der Waals surface area (Å²) >= 11 is 1.62. The lowest BCUT2D eigenvalue weighted by Gasteiger charge is -2.11. The van der Waals surface area contributed by atoms with Gasteiger partial charge in [-0.3, -0.25) is 0 Å². The molecule has 160 valence electrons. The van der Waals surface area contributed by atoms with Crippen LogP contribution in [0.15, 0.2) is 91.0 Å². The molecule has 2 heterocycles. The summed E-state index contributed by atoms with van der Waals surface area (Å²) in [6.45, 7) is 0. The Kier molecular flexibility index (Phi) is 4.59. The first-order valence-corrected chi connectivity index (χ1v) is 11.4. The highest BCUT2D eigenvalue weighted by molar-refractivity contribution is 7.21. The van der Waals surface area contributed by atoms with Crippen LogP contribution in [0.3, 0.4) is 0 Å². The van der Waals surface area contributed by atoms with E-state index in [0.717, 1.165) is 54.3 Å². The normalized spacial score (nSPS) is 11.3. The van der Waals surface area contributed by atoms with E-state index in [4.69, 9.17) is 20.6 Å². The second-order valence-electron chi connectivity index (χ2n) is 7.71. The minimum Gasteiger partial charge on any atom is -0.496 e. The SMILES string of the molecule is COc1ccc2ccccc2c1-c1nn(-c2ccccc2)c(N)c1-c1nc2ccccc2s1. The number of nitrogens with zero attached hydrogens (tertiary/aromatic N) is 3. The number of thiazole rings is 1. The van der Waals surface area contributed by atoms with Crippen molar-refractivity contribution in [3.63, 3.8) is 0 Å². The maximum Gasteiger partial charge on any atom is 0.138 e. The fraction of sp³-hybridized carbons (Fsp3) is 0.0370. The monoisotopic (exact) mass is 448 g/mol. The van der Waals surface area contributed by atoms with Gasteiger partial charge in [0.25, 0.3) is 0 Å². The lowest BCUT2D eigenvalue weighted by molar-refractivity contribution is 0.417. The molecule has 0 bridgehead atoms. The fourth-order valence-corrected chi connectivity index (χ4v) is 5.25. The Labute approximate surface area is 194 Å². The minimum atomic E-state index is 0.547. The Morgan fingerprint density at radius 2 is 1.58 bits per heavy atom. The molecule has 0 saturated carbocycles. The van der Waals surface area contributed by atoms with Crippen molar-refractivity contribution in [3.8, 4) is 33.3 Å². The van der Waals surface area contributed by atoms with E-state index in [2.05, 4.69) is 24.3 Å². The molecule has 0 amide bonds. The van der Waals surface area contributed by atoms with Gasteiger partial charge in [0, 0.05) is 0 Å². The molecule has 0 aliphatic carbocycles. The van der Waals surface area contributed by atoms with E-state index in [9.17, 15) is 0 Å². The van der Waals surface area contributed by atoms with Gasteiger partial charge in [0.05, 0.1) is 34.1 Å². The van der Waals surface area contributed by atoms with E-state index in [1.165, 1.54) is 0 Å². The Bertz CT molecular complexity index is 1590. The van der Waals surface area contributed by atoms with E-state index in [0.29, 0.717) is 5.82 Å². The number of aromatic nitrogens is 3. The van der Waals surface area contributed by atoms with Crippen LogP contribution in [0, 0.1) is 0 Å². The van der Waals surface area contributed by atoms with E-state index < -0.39 is 0 Å². The van der Waals surface area contributed by atoms with Gasteiger partial charge < -0.3 is 10.5 Å². The van der Waals surface area contributed by atoms with Crippen molar-refractivity contribution < 1.29 is 4.74 Å². The Morgan fingerprint density at radius 1 is 0.818 bits per heavy atom. The predicted octanol–water partition coefficient (Wildman–Crippen LogP) is 6.56. The van der Waals surface area contributed by atoms with Crippen molar-refractivity contribution in [2.24, 2.45) is 0 Å². The highest BCUT2D eigenvalue weighted by Gasteiger charge is 2.26. The van der Waals surface area contributed by atoms with Gasteiger partial charge in [-0.2, -0.15) is 5.10 Å². The molecule has 0 spiro atoms. The molecule has 2 N–H and O–H groups in total. The van der Waals surface area contributed by atoms with Crippen molar-refractivity contribution in [2.45, 2.75) is 0 Å². The van der Waals surface area contributed by atoms with Gasteiger partial charge in [0.15, 0.2) is 0 Å². The van der Waals surface area contributed by atoms with Crippen LogP contribution in [0.4, 0.5) is 5.82 Å². The number of anilines is 1. The van der Waals surface area contributed by atoms with Crippen LogP contribution in [0.5, 0.6) is 5.75 Å². The molecule has 4 aromatic carbocycles. The summed E-state index contributed by atoms with van der Waals surface area (Å²) in [5.41, 5.74) is 11.1. The number of fused-ring (bicyclic) bond motifs is 2. The molecular weight excluding hydrogens is 428 g/mol. The summed E-state index contributed by atoms with van der Waals surface area (Å²) in [5, 5.41) is 8.03. The Balaban J connectivity index is 1.72. The molecule has 0 fully saturated rings. The van der Waals surface area contributed by atoms with Crippen molar-refractivity contribution in [1.82, 2.24) is 14.8 Å². The van der Waals surface area contributed by atoms with Crippen LogP contribution in [0.2, 0.25) is 0 Å². The van der Waals surface area contributed by atoms with Gasteiger partial charge in [-0.25, -0.2) is 9.67 Å². The summed E-state index contributed by atoms with van der Waals surface area (Å²) in [6, 6.07) is 30.3. The second-order valence-corrected chi connectivity index (χ2v) is 8.74. The Hall–Kier alpha value is -4.16. The third kappa shape index (κ3) is 3.15. The number of rotatable bonds is 4. The van der Waals surface area contributed by atoms with Gasteiger partial charge in [-0.15, -0.1) is 11.3 Å². The van der Waals surface area contributed by atoms with Crippen LogP contribution in [-0.2, 0) is 0 Å². The minimum absolute atomic E-state index is 0.547. The lowest BCUT2D eigenvalue weighted by atomic mass is 9.98. The van der Waals surface area contributed by atoms with Crippen molar-refractivity contribution in [2.75, 3.05) is 12.8 Å². The highest BCUT2D eigenvalue weighted by Crippen LogP contribution is 2.45. The maximum atomic E-state index is 6.79. The molecule has 0 aliphatic rings. The molecule has 0 atom stereocenters. The quantitative estimate of drug-likeness (QED) is 0.332. The van der Waals surface area contributed by atoms with Gasteiger partial charge in [-0.05, 0) is 41.1 Å². The maximum absolute atomic E-state index is 6.79. The number of methoxy groups -OCH3 is 1. The summed E-state index contributed by atoms with van der Waals surface area (Å²) in [6.07, 6.45) is 0. The molecule has 6 heteroatoms. The van der Waals surface area contributed by atoms with Crippen LogP contribution in [-0.4, -0.2) is 21.9 Å². The van der Waals surface area contributed by atoms with Crippen molar-refractivity contribution in [1.29, 1.82) is 0 Å². The molecule has 0 aliphatic heterocycles. The summed E-state index contributed by atoms with van der Waals surface area (Å²) in [5.74, 6) is 1.29. The largest absolute Gasteiger partial charge is 0.496 e. The highest BCUT2D eigenvalue weighted by atomic mass is 32.1. The zero-order chi connectivity index (χ0) is 22.4. The van der Waals surface area contributed by atoms with Crippen LogP contribution in [0.1, 0.15) is 0 Å². The number of nitrogen functional groups attached to an aromatic ring is 1. The molecule has 5 nitrogen and oxygen atoms in total. The summed E-state index contributed by atoms with van der Waals surface area (Å²) < 4.78 is 8.70. The zero-order valence-corrected chi connectivity index (χ0v) is 18.7. The van der Waals surface area contributed by atoms with Gasteiger partial charge in [0.2, 0.25) is 0 Å². The average molecular weight is 449 g/mol. The van der Waals surface area contributed by atoms with E-state index in [-0.39, 0.29) is 0 Å². The van der Waals surface area contributed by atoms with Gasteiger partial charge in [-0.1, -0.05) is 60.7 Å². The molecule has 0 radical (unpaired) electrons. The van der Waals surface area contributed by atoms with Crippen LogP contribution >= 0.6 is 11.3 Å². The standard InChI is InChI=1S/C27H20N4OS/c1-32-21-16-15-17-9-5-6-12-19(17)23(21)25-24(27-29-20-13-7-8-14-22(20)33-27)26(28)31(30-25)18-10-3-2-4-11-18/h2-16H,28H2,1H3. The number of ether oxygens (including phenoxy) is 1. The van der Waals surface area contributed by atoms with Crippen LogP contribution < -0.4 is 10.5 Å². The predicted molar refractivity (Wildman–Crippen MR) is 136 cm³/mol. The number of benzene rings is 4. The summed E-state index contributed by atoms with van der Waals surface area (Å²) in [7, 11) is 1.68. The molecule has 0 unspecified atom stereocenters. The molecule has 2 aromatic heterocycles. The molecule has 6 aromatic rings. The number of para-hydroxylation sites is 2. The van der Waals surface area contributed by atoms with Crippen LogP contribution in [0.25, 0.3) is 48.5 Å². The Morgan fingerprint density at radius 3 is 2.39 bits per heavy atom. The molecule has 6 rings (SSSR count). The fourth-order valence-electron chi connectivity index (χ4n) is 4.23. The first-order chi connectivity index (χ1) is 16.2. The third-order valence-electron chi connectivity index (χ3n) is 5.78. The van der Waals surface area contributed by atoms with Crippen molar-refractivity contribution in [3.05, 3.63) is 91.0 Å². The smallest absolute Gasteiger partial charge is 0.138 e. The zero-order valence-electron chi connectivity index (χ0n) is 17.9. The number of nitrogens with two attached hydrogens (primary N) is 1. The second kappa shape index (κ2) is 7.76. The average Bonchev–Trinajstić information content (AvgIpc) is 3.44. The van der Waals surface area contributed by atoms with E-state index in [1.807, 2.05) is 66.7 Å². The van der Waals surface area contributed by atoms with Gasteiger partial charge >= 0.3 is 0 Å². The topological polar surface area (TPSA) is 66.0 Å². The van der Waals surface area contributed by atoms with Crippen molar-refractivity contribution >= 4 is 38.1 Å². The third-order valence-corrected chi connectivity index (χ3v) is 6.83. The first-order valence-electron chi connectivity index (χ1n) is 10.6. The number of hydrogen-bond acceptors (Lipinski definition) is 5. The summed E-state index contributed by atoms with van der Waals surface area (Å²) in [4.78, 5) is 4.92. The molecule has 0 saturated heterocycles. The molecular formula is C27H20N4OS.